The van der Waals surface area contributed by atoms with Gasteiger partial charge in [-0.25, -0.2) is 0 Å². The molecule has 2 amide bonds. The van der Waals surface area contributed by atoms with Gasteiger partial charge in [0.25, 0.3) is 0 Å². The molecule has 1 aliphatic heterocycles. The number of aliphatic carboxylic acids is 1. The van der Waals surface area contributed by atoms with Crippen molar-refractivity contribution in [2.24, 2.45) is 5.92 Å². The van der Waals surface area contributed by atoms with E-state index in [9.17, 15) is 14.4 Å². The first kappa shape index (κ1) is 19.3. The molecule has 1 atom stereocenters. The zero-order valence-electron chi connectivity index (χ0n) is 14.8. The summed E-state index contributed by atoms with van der Waals surface area (Å²) in [4.78, 5) is 40.3. The third-order valence-corrected chi connectivity index (χ3v) is 5.07. The molecular weight excluding hydrogens is 340 g/mol. The van der Waals surface area contributed by atoms with Gasteiger partial charge < -0.3 is 14.9 Å². The van der Waals surface area contributed by atoms with Crippen molar-refractivity contribution in [3.8, 4) is 0 Å². The molecule has 2 rings (SSSR count). The van der Waals surface area contributed by atoms with Gasteiger partial charge in [0, 0.05) is 36.1 Å². The van der Waals surface area contributed by atoms with Crippen molar-refractivity contribution in [1.29, 1.82) is 0 Å². The summed E-state index contributed by atoms with van der Waals surface area (Å²) in [6.45, 7) is 4.22. The van der Waals surface area contributed by atoms with Crippen molar-refractivity contribution in [2.45, 2.75) is 37.6 Å². The molecule has 1 unspecified atom stereocenters. The summed E-state index contributed by atoms with van der Waals surface area (Å²) in [6, 6.07) is 7.59. The van der Waals surface area contributed by atoms with Crippen LogP contribution in [0.3, 0.4) is 0 Å². The number of nitrogens with zero attached hydrogens (tertiary/aromatic N) is 2. The number of thioether (sulfide) groups is 1. The Kier molecular flexibility index (Phi) is 6.47. The van der Waals surface area contributed by atoms with Crippen molar-refractivity contribution in [3.63, 3.8) is 0 Å². The molecule has 0 saturated carbocycles. The Labute approximate surface area is 152 Å². The van der Waals surface area contributed by atoms with Crippen LogP contribution in [-0.4, -0.2) is 53.2 Å². The highest BCUT2D eigenvalue weighted by molar-refractivity contribution is 7.98. The molecule has 0 radical (unpaired) electrons. The lowest BCUT2D eigenvalue weighted by atomic mass is 10.1. The summed E-state index contributed by atoms with van der Waals surface area (Å²) >= 11 is 1.63. The summed E-state index contributed by atoms with van der Waals surface area (Å²) < 4.78 is 0. The minimum Gasteiger partial charge on any atom is -0.481 e. The molecule has 1 aromatic rings. The van der Waals surface area contributed by atoms with E-state index < -0.39 is 11.9 Å². The molecule has 136 valence electrons. The SMILES string of the molecule is CSc1ccc(N2CC(C(=O)N(CCC(=O)O)C(C)C)CC2=O)cc1. The van der Waals surface area contributed by atoms with Gasteiger partial charge in [-0.15, -0.1) is 11.8 Å². The first-order valence-electron chi connectivity index (χ1n) is 8.30. The van der Waals surface area contributed by atoms with E-state index in [-0.39, 0.29) is 37.2 Å². The van der Waals surface area contributed by atoms with E-state index >= 15 is 0 Å². The molecule has 1 heterocycles. The Balaban J connectivity index is 2.08. The van der Waals surface area contributed by atoms with Crippen LogP contribution in [0.15, 0.2) is 29.2 Å². The molecule has 0 spiro atoms. The largest absolute Gasteiger partial charge is 0.481 e. The average Bonchev–Trinajstić information content (AvgIpc) is 2.96. The minimum atomic E-state index is -0.934. The molecule has 0 bridgehead atoms. The van der Waals surface area contributed by atoms with E-state index in [0.717, 1.165) is 10.6 Å². The maximum atomic E-state index is 12.8. The van der Waals surface area contributed by atoms with E-state index in [1.807, 2.05) is 44.4 Å². The van der Waals surface area contributed by atoms with Crippen LogP contribution in [0.2, 0.25) is 0 Å². The van der Waals surface area contributed by atoms with Crippen molar-refractivity contribution in [2.75, 3.05) is 24.2 Å². The second-order valence-electron chi connectivity index (χ2n) is 6.37. The van der Waals surface area contributed by atoms with Crippen molar-refractivity contribution < 1.29 is 19.5 Å². The molecule has 1 fully saturated rings. The summed E-state index contributed by atoms with van der Waals surface area (Å²) in [7, 11) is 0. The third-order valence-electron chi connectivity index (χ3n) is 4.33. The van der Waals surface area contributed by atoms with E-state index in [2.05, 4.69) is 0 Å². The van der Waals surface area contributed by atoms with Gasteiger partial charge in [0.05, 0.1) is 12.3 Å². The number of rotatable bonds is 7. The molecule has 7 heteroatoms. The number of amides is 2. The zero-order chi connectivity index (χ0) is 18.6. The fraction of sp³-hybridized carbons (Fsp3) is 0.500. The molecule has 1 N–H and O–H groups in total. The van der Waals surface area contributed by atoms with Crippen LogP contribution in [0.25, 0.3) is 0 Å². The van der Waals surface area contributed by atoms with Crippen LogP contribution in [0, 0.1) is 5.92 Å². The summed E-state index contributed by atoms with van der Waals surface area (Å²) in [6.07, 6.45) is 2.06. The summed E-state index contributed by atoms with van der Waals surface area (Å²) in [5, 5.41) is 8.86. The third kappa shape index (κ3) is 4.75. The number of carbonyl (C=O) groups excluding carboxylic acids is 2. The van der Waals surface area contributed by atoms with Crippen molar-refractivity contribution >= 4 is 35.2 Å². The molecule has 6 nitrogen and oxygen atoms in total. The Morgan fingerprint density at radius 3 is 2.48 bits per heavy atom. The maximum Gasteiger partial charge on any atom is 0.305 e. The lowest BCUT2D eigenvalue weighted by molar-refractivity contribution is -0.141. The molecule has 1 saturated heterocycles. The first-order valence-corrected chi connectivity index (χ1v) is 9.52. The quantitative estimate of drug-likeness (QED) is 0.752. The van der Waals surface area contributed by atoms with Crippen LogP contribution >= 0.6 is 11.8 Å². The smallest absolute Gasteiger partial charge is 0.305 e. The Bertz CT molecular complexity index is 645. The number of carboxylic acid groups (broad SMARTS) is 1. The van der Waals surface area contributed by atoms with Gasteiger partial charge >= 0.3 is 5.97 Å². The van der Waals surface area contributed by atoms with Gasteiger partial charge in [-0.3, -0.25) is 14.4 Å². The van der Waals surface area contributed by atoms with Crippen LogP contribution in [0.4, 0.5) is 5.69 Å². The van der Waals surface area contributed by atoms with Gasteiger partial charge in [-0.2, -0.15) is 0 Å². The highest BCUT2D eigenvalue weighted by Gasteiger charge is 2.37. The molecule has 25 heavy (non-hydrogen) atoms. The number of carbonyl (C=O) groups is 3. The fourth-order valence-electron chi connectivity index (χ4n) is 2.96. The van der Waals surface area contributed by atoms with E-state index in [1.165, 1.54) is 0 Å². The minimum absolute atomic E-state index is 0.0720. The van der Waals surface area contributed by atoms with Crippen molar-refractivity contribution in [1.82, 2.24) is 4.90 Å². The van der Waals surface area contributed by atoms with Crippen molar-refractivity contribution in [3.05, 3.63) is 24.3 Å². The lowest BCUT2D eigenvalue weighted by Crippen LogP contribution is -2.42. The lowest BCUT2D eigenvalue weighted by Gasteiger charge is -2.28. The predicted molar refractivity (Wildman–Crippen MR) is 97.8 cm³/mol. The fourth-order valence-corrected chi connectivity index (χ4v) is 3.37. The second-order valence-corrected chi connectivity index (χ2v) is 7.25. The molecule has 1 aromatic carbocycles. The van der Waals surface area contributed by atoms with Gasteiger partial charge in [0.2, 0.25) is 11.8 Å². The Morgan fingerprint density at radius 1 is 1.32 bits per heavy atom. The second kappa shape index (κ2) is 8.38. The highest BCUT2D eigenvalue weighted by atomic mass is 32.2. The summed E-state index contributed by atoms with van der Waals surface area (Å²) in [5.41, 5.74) is 0.791. The standard InChI is InChI=1S/C18H24N2O4S/c1-12(2)19(9-8-17(22)23)18(24)13-10-16(21)20(11-13)14-4-6-15(25-3)7-5-14/h4-7,12-13H,8-11H2,1-3H3,(H,22,23). The van der Waals surface area contributed by atoms with Crippen LogP contribution in [-0.2, 0) is 14.4 Å². The van der Waals surface area contributed by atoms with Gasteiger partial charge in [-0.1, -0.05) is 0 Å². The molecular formula is C18H24N2O4S. The normalized spacial score (nSPS) is 17.2. The average molecular weight is 364 g/mol. The van der Waals surface area contributed by atoms with Crippen LogP contribution < -0.4 is 4.90 Å². The number of hydrogen-bond donors (Lipinski definition) is 1. The first-order chi connectivity index (χ1) is 11.8. The summed E-state index contributed by atoms with van der Waals surface area (Å²) in [5.74, 6) is -1.58. The topological polar surface area (TPSA) is 77.9 Å². The number of benzene rings is 1. The monoisotopic (exact) mass is 364 g/mol. The highest BCUT2D eigenvalue weighted by Crippen LogP contribution is 2.28. The van der Waals surface area contributed by atoms with Gasteiger partial charge in [0.1, 0.15) is 0 Å². The molecule has 0 aliphatic carbocycles. The van der Waals surface area contributed by atoms with Gasteiger partial charge in [0.15, 0.2) is 0 Å². The van der Waals surface area contributed by atoms with E-state index in [1.54, 1.807) is 21.6 Å². The maximum absolute atomic E-state index is 12.8. The Hall–Kier alpha value is -2.02. The van der Waals surface area contributed by atoms with E-state index in [4.69, 9.17) is 5.11 Å². The van der Waals surface area contributed by atoms with E-state index in [0.29, 0.717) is 6.54 Å². The van der Waals surface area contributed by atoms with Crippen LogP contribution in [0.1, 0.15) is 26.7 Å². The van der Waals surface area contributed by atoms with Gasteiger partial charge in [-0.05, 0) is 44.4 Å². The number of hydrogen-bond acceptors (Lipinski definition) is 4. The number of carboxylic acids is 1. The molecule has 1 aliphatic rings. The number of anilines is 1. The van der Waals surface area contributed by atoms with Crippen LogP contribution in [0.5, 0.6) is 0 Å². The zero-order valence-corrected chi connectivity index (χ0v) is 15.6. The Morgan fingerprint density at radius 2 is 1.96 bits per heavy atom. The molecule has 0 aromatic heterocycles. The predicted octanol–water partition coefficient (Wildman–Crippen LogP) is 2.47.